The van der Waals surface area contributed by atoms with Crippen molar-refractivity contribution in [3.8, 4) is 0 Å². The first-order valence-corrected chi connectivity index (χ1v) is 10.6. The number of hydrogen-bond acceptors (Lipinski definition) is 4. The fourth-order valence-corrected chi connectivity index (χ4v) is 4.67. The van der Waals surface area contributed by atoms with Gasteiger partial charge in [-0.15, -0.1) is 0 Å². The van der Waals surface area contributed by atoms with E-state index in [1.165, 1.54) is 22.5 Å². The maximum Gasteiger partial charge on any atom is 0.246 e. The molecule has 1 heterocycles. The van der Waals surface area contributed by atoms with E-state index in [9.17, 15) is 17.6 Å². The minimum Gasteiger partial charge on any atom is -0.339 e. The van der Waals surface area contributed by atoms with Gasteiger partial charge in [-0.2, -0.15) is 4.31 Å². The second-order valence-corrected chi connectivity index (χ2v) is 8.63. The Hall–Kier alpha value is -2.29. The molecule has 1 N–H and O–H groups in total. The molecule has 0 bridgehead atoms. The maximum atomic E-state index is 13.9. The molecule has 0 saturated carbocycles. The zero-order valence-electron chi connectivity index (χ0n) is 15.7. The van der Waals surface area contributed by atoms with Gasteiger partial charge in [-0.1, -0.05) is 42.5 Å². The lowest BCUT2D eigenvalue weighted by Gasteiger charge is -2.34. The van der Waals surface area contributed by atoms with Gasteiger partial charge in [-0.25, -0.2) is 12.8 Å². The molecule has 2 aromatic rings. The van der Waals surface area contributed by atoms with Crippen molar-refractivity contribution in [1.29, 1.82) is 0 Å². The van der Waals surface area contributed by atoms with Gasteiger partial charge in [0.05, 0.1) is 6.54 Å². The van der Waals surface area contributed by atoms with Gasteiger partial charge in [0, 0.05) is 32.2 Å². The van der Waals surface area contributed by atoms with Crippen LogP contribution in [0, 0.1) is 5.82 Å². The van der Waals surface area contributed by atoms with Crippen LogP contribution in [0.15, 0.2) is 59.5 Å². The van der Waals surface area contributed by atoms with Crippen LogP contribution in [0.25, 0.3) is 0 Å². The minimum atomic E-state index is -3.90. The van der Waals surface area contributed by atoms with E-state index < -0.39 is 15.8 Å². The summed E-state index contributed by atoms with van der Waals surface area (Å²) in [4.78, 5) is 13.8. The molecule has 1 amide bonds. The first-order chi connectivity index (χ1) is 13.4. The number of halogens is 1. The van der Waals surface area contributed by atoms with Gasteiger partial charge in [0.1, 0.15) is 10.7 Å². The normalized spacial score (nSPS) is 16.7. The highest BCUT2D eigenvalue weighted by atomic mass is 32.2. The van der Waals surface area contributed by atoms with Crippen molar-refractivity contribution in [1.82, 2.24) is 14.5 Å². The molecule has 1 aliphatic rings. The summed E-state index contributed by atoms with van der Waals surface area (Å²) in [5.41, 5.74) is 1.09. The summed E-state index contributed by atoms with van der Waals surface area (Å²) in [5, 5.41) is 3.20. The molecule has 3 rings (SSSR count). The summed E-state index contributed by atoms with van der Waals surface area (Å²) in [6.07, 6.45) is 0. The largest absolute Gasteiger partial charge is 0.339 e. The SMILES string of the molecule is C[C@@H](NCC(=O)N1CCN(S(=O)(=O)c2ccccc2F)CC1)c1ccccc1. The van der Waals surface area contributed by atoms with Crippen molar-refractivity contribution in [2.24, 2.45) is 0 Å². The summed E-state index contributed by atoms with van der Waals surface area (Å²) in [7, 11) is -3.90. The number of piperazine rings is 1. The summed E-state index contributed by atoms with van der Waals surface area (Å²) >= 11 is 0. The van der Waals surface area contributed by atoms with Crippen LogP contribution in [-0.4, -0.2) is 56.3 Å². The van der Waals surface area contributed by atoms with Gasteiger partial charge in [0.15, 0.2) is 0 Å². The Labute approximate surface area is 165 Å². The second kappa shape index (κ2) is 8.81. The van der Waals surface area contributed by atoms with E-state index in [0.29, 0.717) is 0 Å². The molecule has 0 aromatic heterocycles. The molecule has 150 valence electrons. The lowest BCUT2D eigenvalue weighted by atomic mass is 10.1. The summed E-state index contributed by atoms with van der Waals surface area (Å²) < 4.78 is 40.4. The van der Waals surface area contributed by atoms with Crippen LogP contribution >= 0.6 is 0 Å². The van der Waals surface area contributed by atoms with E-state index in [2.05, 4.69) is 5.32 Å². The molecule has 28 heavy (non-hydrogen) atoms. The van der Waals surface area contributed by atoms with Crippen LogP contribution in [0.2, 0.25) is 0 Å². The lowest BCUT2D eigenvalue weighted by molar-refractivity contribution is -0.131. The Morgan fingerprint density at radius 3 is 2.29 bits per heavy atom. The van der Waals surface area contributed by atoms with Crippen LogP contribution in [0.1, 0.15) is 18.5 Å². The molecule has 8 heteroatoms. The van der Waals surface area contributed by atoms with Gasteiger partial charge in [0.2, 0.25) is 15.9 Å². The number of sulfonamides is 1. The Balaban J connectivity index is 1.53. The van der Waals surface area contributed by atoms with Gasteiger partial charge >= 0.3 is 0 Å². The van der Waals surface area contributed by atoms with Crippen LogP contribution in [0.3, 0.4) is 0 Å². The van der Waals surface area contributed by atoms with Crippen LogP contribution in [0.5, 0.6) is 0 Å². The standard InChI is InChI=1S/C20H24FN3O3S/c1-16(17-7-3-2-4-8-17)22-15-20(25)23-11-13-24(14-12-23)28(26,27)19-10-6-5-9-18(19)21/h2-10,16,22H,11-15H2,1H3/t16-/m1/s1. The highest BCUT2D eigenvalue weighted by molar-refractivity contribution is 7.89. The van der Waals surface area contributed by atoms with Crippen LogP contribution in [-0.2, 0) is 14.8 Å². The molecular formula is C20H24FN3O3S. The van der Waals surface area contributed by atoms with Crippen molar-refractivity contribution in [2.75, 3.05) is 32.7 Å². The van der Waals surface area contributed by atoms with Crippen molar-refractivity contribution in [3.05, 3.63) is 66.0 Å². The predicted molar refractivity (Wildman–Crippen MR) is 105 cm³/mol. The fourth-order valence-electron chi connectivity index (χ4n) is 3.18. The van der Waals surface area contributed by atoms with Crippen molar-refractivity contribution in [2.45, 2.75) is 17.9 Å². The Kier molecular flexibility index (Phi) is 6.43. The number of benzene rings is 2. The number of carbonyl (C=O) groups is 1. The summed E-state index contributed by atoms with van der Waals surface area (Å²) in [5.74, 6) is -0.842. The maximum absolute atomic E-state index is 13.9. The van der Waals surface area contributed by atoms with Crippen molar-refractivity contribution >= 4 is 15.9 Å². The molecule has 2 aromatic carbocycles. The monoisotopic (exact) mass is 405 g/mol. The summed E-state index contributed by atoms with van der Waals surface area (Å²) in [6, 6.07) is 15.2. The number of nitrogens with zero attached hydrogens (tertiary/aromatic N) is 2. The van der Waals surface area contributed by atoms with Gasteiger partial charge < -0.3 is 10.2 Å². The van der Waals surface area contributed by atoms with Gasteiger partial charge in [-0.3, -0.25) is 4.79 Å². The average Bonchev–Trinajstić information content (AvgIpc) is 2.72. The second-order valence-electron chi connectivity index (χ2n) is 6.73. The molecule has 0 spiro atoms. The number of rotatable bonds is 6. The molecule has 1 atom stereocenters. The average molecular weight is 405 g/mol. The first kappa shape index (κ1) is 20.4. The fraction of sp³-hybridized carbons (Fsp3) is 0.350. The molecule has 1 aliphatic heterocycles. The van der Waals surface area contributed by atoms with Gasteiger partial charge in [-0.05, 0) is 24.6 Å². The molecule has 0 aliphatic carbocycles. The topological polar surface area (TPSA) is 69.7 Å². The highest BCUT2D eigenvalue weighted by Crippen LogP contribution is 2.20. The Bertz CT molecular complexity index is 913. The predicted octanol–water partition coefficient (Wildman–Crippen LogP) is 2.01. The molecule has 1 saturated heterocycles. The zero-order valence-corrected chi connectivity index (χ0v) is 16.5. The molecule has 0 unspecified atom stereocenters. The molecular weight excluding hydrogens is 381 g/mol. The molecule has 6 nitrogen and oxygen atoms in total. The van der Waals surface area contributed by atoms with E-state index in [1.807, 2.05) is 37.3 Å². The molecule has 1 fully saturated rings. The third kappa shape index (κ3) is 4.57. The Morgan fingerprint density at radius 1 is 1.04 bits per heavy atom. The van der Waals surface area contributed by atoms with E-state index in [0.717, 1.165) is 11.6 Å². The highest BCUT2D eigenvalue weighted by Gasteiger charge is 2.31. The third-order valence-electron chi connectivity index (χ3n) is 4.90. The van der Waals surface area contributed by atoms with Crippen LogP contribution in [0.4, 0.5) is 4.39 Å². The number of nitrogens with one attached hydrogen (secondary N) is 1. The Morgan fingerprint density at radius 2 is 1.64 bits per heavy atom. The van der Waals surface area contributed by atoms with Crippen molar-refractivity contribution in [3.63, 3.8) is 0 Å². The van der Waals surface area contributed by atoms with Gasteiger partial charge in [0.25, 0.3) is 0 Å². The zero-order chi connectivity index (χ0) is 20.1. The number of hydrogen-bond donors (Lipinski definition) is 1. The van der Waals surface area contributed by atoms with Crippen LogP contribution < -0.4 is 5.32 Å². The van der Waals surface area contributed by atoms with E-state index in [4.69, 9.17) is 0 Å². The van der Waals surface area contributed by atoms with Crippen molar-refractivity contribution < 1.29 is 17.6 Å². The lowest BCUT2D eigenvalue weighted by Crippen LogP contribution is -2.52. The molecule has 0 radical (unpaired) electrons. The van der Waals surface area contributed by atoms with E-state index in [-0.39, 0.29) is 49.6 Å². The van der Waals surface area contributed by atoms with E-state index in [1.54, 1.807) is 4.90 Å². The first-order valence-electron chi connectivity index (χ1n) is 9.20. The smallest absolute Gasteiger partial charge is 0.246 e. The summed E-state index contributed by atoms with van der Waals surface area (Å²) in [6.45, 7) is 3.03. The number of amides is 1. The minimum absolute atomic E-state index is 0.0351. The quantitative estimate of drug-likeness (QED) is 0.798. The third-order valence-corrected chi connectivity index (χ3v) is 6.84. The number of carbonyl (C=O) groups excluding carboxylic acids is 1. The van der Waals surface area contributed by atoms with E-state index >= 15 is 0 Å².